The molecule has 0 amide bonds. The number of methoxy groups -OCH3 is 2. The second-order valence-electron chi connectivity index (χ2n) is 5.19. The molecular formula is C16H23NO3. The van der Waals surface area contributed by atoms with Crippen molar-refractivity contribution >= 4 is 5.78 Å². The average Bonchev–Trinajstić information content (AvgIpc) is 2.51. The summed E-state index contributed by atoms with van der Waals surface area (Å²) in [6.45, 7) is 5.63. The number of ketones is 1. The van der Waals surface area contributed by atoms with Crippen molar-refractivity contribution in [3.63, 3.8) is 0 Å². The molecule has 110 valence electrons. The molecule has 0 saturated heterocycles. The van der Waals surface area contributed by atoms with E-state index >= 15 is 0 Å². The van der Waals surface area contributed by atoms with Crippen molar-refractivity contribution in [2.75, 3.05) is 20.8 Å². The Bertz CT molecular complexity index is 499. The molecule has 1 aromatic rings. The predicted octanol–water partition coefficient (Wildman–Crippen LogP) is 2.43. The number of Topliss-reactive ketones (excluding diaryl/α,β-unsaturated/α-hetero) is 1. The Kier molecular flexibility index (Phi) is 4.65. The van der Waals surface area contributed by atoms with Crippen LogP contribution in [-0.4, -0.2) is 37.5 Å². The van der Waals surface area contributed by atoms with Gasteiger partial charge in [0.25, 0.3) is 0 Å². The minimum atomic E-state index is -0.0127. The number of ether oxygens (including phenoxy) is 2. The Balaban J connectivity index is 2.23. The van der Waals surface area contributed by atoms with E-state index in [9.17, 15) is 4.79 Å². The summed E-state index contributed by atoms with van der Waals surface area (Å²) in [5.41, 5.74) is 2.51. The van der Waals surface area contributed by atoms with Gasteiger partial charge in [0.1, 0.15) is 5.78 Å². The molecule has 0 saturated carbocycles. The summed E-state index contributed by atoms with van der Waals surface area (Å²) in [6.07, 6.45) is 1.54. The molecule has 1 aromatic carbocycles. The van der Waals surface area contributed by atoms with E-state index in [-0.39, 0.29) is 6.04 Å². The first-order valence-corrected chi connectivity index (χ1v) is 7.11. The number of rotatable bonds is 5. The Hall–Kier alpha value is -1.55. The van der Waals surface area contributed by atoms with E-state index in [1.807, 2.05) is 19.9 Å². The highest BCUT2D eigenvalue weighted by molar-refractivity contribution is 5.83. The Morgan fingerprint density at radius 2 is 1.85 bits per heavy atom. The van der Waals surface area contributed by atoms with E-state index in [0.29, 0.717) is 12.2 Å². The van der Waals surface area contributed by atoms with Crippen LogP contribution in [0.1, 0.15) is 31.4 Å². The van der Waals surface area contributed by atoms with E-state index in [1.165, 1.54) is 11.1 Å². The van der Waals surface area contributed by atoms with Crippen LogP contribution in [0.25, 0.3) is 0 Å². The van der Waals surface area contributed by atoms with Crippen LogP contribution in [0.2, 0.25) is 0 Å². The van der Waals surface area contributed by atoms with Crippen molar-refractivity contribution in [3.8, 4) is 11.5 Å². The highest BCUT2D eigenvalue weighted by Crippen LogP contribution is 2.33. The zero-order chi connectivity index (χ0) is 14.7. The fourth-order valence-electron chi connectivity index (χ4n) is 2.73. The van der Waals surface area contributed by atoms with Crippen molar-refractivity contribution in [1.82, 2.24) is 4.90 Å². The van der Waals surface area contributed by atoms with Gasteiger partial charge in [0.15, 0.2) is 11.5 Å². The molecule has 1 unspecified atom stereocenters. The fourth-order valence-corrected chi connectivity index (χ4v) is 2.73. The number of nitrogens with zero attached hydrogens (tertiary/aromatic N) is 1. The fraction of sp³-hybridized carbons (Fsp3) is 0.562. The van der Waals surface area contributed by atoms with Crippen LogP contribution in [0.3, 0.4) is 0 Å². The van der Waals surface area contributed by atoms with Crippen LogP contribution < -0.4 is 9.47 Å². The summed E-state index contributed by atoms with van der Waals surface area (Å²) in [5, 5.41) is 0. The van der Waals surface area contributed by atoms with Gasteiger partial charge in [-0.1, -0.05) is 6.92 Å². The maximum Gasteiger partial charge on any atom is 0.161 e. The third-order valence-electron chi connectivity index (χ3n) is 4.11. The molecule has 0 aromatic heterocycles. The van der Waals surface area contributed by atoms with Crippen molar-refractivity contribution < 1.29 is 14.3 Å². The van der Waals surface area contributed by atoms with E-state index in [4.69, 9.17) is 9.47 Å². The van der Waals surface area contributed by atoms with Crippen LogP contribution in [0, 0.1) is 0 Å². The molecule has 1 atom stereocenters. The molecule has 4 nitrogen and oxygen atoms in total. The van der Waals surface area contributed by atoms with Gasteiger partial charge in [-0.15, -0.1) is 0 Å². The molecule has 0 aliphatic carbocycles. The largest absolute Gasteiger partial charge is 0.493 e. The molecule has 2 rings (SSSR count). The summed E-state index contributed by atoms with van der Waals surface area (Å²) in [5.74, 6) is 1.83. The van der Waals surface area contributed by atoms with E-state index in [0.717, 1.165) is 31.0 Å². The van der Waals surface area contributed by atoms with E-state index in [2.05, 4.69) is 11.0 Å². The molecule has 0 N–H and O–H groups in total. The summed E-state index contributed by atoms with van der Waals surface area (Å²) < 4.78 is 10.7. The minimum absolute atomic E-state index is 0.0127. The zero-order valence-electron chi connectivity index (χ0n) is 12.7. The molecule has 1 heterocycles. The number of carbonyl (C=O) groups is 1. The van der Waals surface area contributed by atoms with Crippen LogP contribution in [0.4, 0.5) is 0 Å². The number of fused-ring (bicyclic) bond motifs is 1. The van der Waals surface area contributed by atoms with Crippen molar-refractivity contribution in [1.29, 1.82) is 0 Å². The van der Waals surface area contributed by atoms with Gasteiger partial charge in [0.05, 0.1) is 20.3 Å². The predicted molar refractivity (Wildman–Crippen MR) is 78.4 cm³/mol. The van der Waals surface area contributed by atoms with Gasteiger partial charge in [-0.05, 0) is 36.6 Å². The smallest absolute Gasteiger partial charge is 0.161 e. The van der Waals surface area contributed by atoms with Crippen molar-refractivity contribution in [3.05, 3.63) is 23.3 Å². The summed E-state index contributed by atoms with van der Waals surface area (Å²) in [6, 6.07) is 4.07. The number of hydrogen-bond donors (Lipinski definition) is 0. The lowest BCUT2D eigenvalue weighted by molar-refractivity contribution is -0.123. The Morgan fingerprint density at radius 1 is 1.25 bits per heavy atom. The number of carbonyl (C=O) groups excluding carboxylic acids is 1. The van der Waals surface area contributed by atoms with Gasteiger partial charge in [0.2, 0.25) is 0 Å². The first kappa shape index (κ1) is 14.9. The van der Waals surface area contributed by atoms with Gasteiger partial charge in [0, 0.05) is 19.5 Å². The molecule has 1 aliphatic rings. The maximum absolute atomic E-state index is 11.9. The molecular weight excluding hydrogens is 254 g/mol. The summed E-state index contributed by atoms with van der Waals surface area (Å²) in [4.78, 5) is 14.1. The molecule has 0 bridgehead atoms. The highest BCUT2D eigenvalue weighted by atomic mass is 16.5. The van der Waals surface area contributed by atoms with Crippen molar-refractivity contribution in [2.45, 2.75) is 39.3 Å². The van der Waals surface area contributed by atoms with Gasteiger partial charge in [-0.3, -0.25) is 9.69 Å². The van der Waals surface area contributed by atoms with E-state index in [1.54, 1.807) is 14.2 Å². The molecule has 20 heavy (non-hydrogen) atoms. The monoisotopic (exact) mass is 277 g/mol. The van der Waals surface area contributed by atoms with Gasteiger partial charge in [-0.2, -0.15) is 0 Å². The van der Waals surface area contributed by atoms with Crippen molar-refractivity contribution in [2.24, 2.45) is 0 Å². The Labute approximate surface area is 120 Å². The number of hydrogen-bond acceptors (Lipinski definition) is 4. The average molecular weight is 277 g/mol. The molecule has 0 radical (unpaired) electrons. The first-order chi connectivity index (χ1) is 9.60. The summed E-state index contributed by atoms with van der Waals surface area (Å²) >= 11 is 0. The lowest BCUT2D eigenvalue weighted by Gasteiger charge is -2.33. The first-order valence-electron chi connectivity index (χ1n) is 7.11. The maximum atomic E-state index is 11.9. The number of benzene rings is 1. The van der Waals surface area contributed by atoms with Crippen LogP contribution in [-0.2, 0) is 17.8 Å². The van der Waals surface area contributed by atoms with Gasteiger partial charge in [-0.25, -0.2) is 0 Å². The van der Waals surface area contributed by atoms with Gasteiger partial charge >= 0.3 is 0 Å². The van der Waals surface area contributed by atoms with E-state index < -0.39 is 0 Å². The second-order valence-corrected chi connectivity index (χ2v) is 5.19. The SMILES string of the molecule is CCC(=O)C(C)N1CCc2cc(OC)c(OC)cc2C1. The lowest BCUT2D eigenvalue weighted by Crippen LogP contribution is -2.41. The van der Waals surface area contributed by atoms with Crippen LogP contribution in [0.5, 0.6) is 11.5 Å². The lowest BCUT2D eigenvalue weighted by atomic mass is 9.97. The third kappa shape index (κ3) is 2.80. The normalized spacial score (nSPS) is 16.4. The zero-order valence-corrected chi connectivity index (χ0v) is 12.7. The Morgan fingerprint density at radius 3 is 2.40 bits per heavy atom. The molecule has 0 fully saturated rings. The quantitative estimate of drug-likeness (QED) is 0.828. The topological polar surface area (TPSA) is 38.8 Å². The molecule has 4 heteroatoms. The van der Waals surface area contributed by atoms with Gasteiger partial charge < -0.3 is 9.47 Å². The van der Waals surface area contributed by atoms with Crippen LogP contribution >= 0.6 is 0 Å². The standard InChI is InChI=1S/C16H23NO3/c1-5-14(18)11(2)17-7-6-12-8-15(19-3)16(20-4)9-13(12)10-17/h8-9,11H,5-7,10H2,1-4H3. The summed E-state index contributed by atoms with van der Waals surface area (Å²) in [7, 11) is 3.30. The second kappa shape index (κ2) is 6.27. The van der Waals surface area contributed by atoms with Crippen LogP contribution in [0.15, 0.2) is 12.1 Å². The third-order valence-corrected chi connectivity index (χ3v) is 4.11. The molecule has 1 aliphatic heterocycles. The minimum Gasteiger partial charge on any atom is -0.493 e. The molecule has 0 spiro atoms. The highest BCUT2D eigenvalue weighted by Gasteiger charge is 2.25.